The number of ether oxygens (including phenoxy) is 1. The van der Waals surface area contributed by atoms with E-state index in [1.165, 1.54) is 6.07 Å². The zero-order chi connectivity index (χ0) is 19.7. The fourth-order valence-electron chi connectivity index (χ4n) is 3.10. The number of nitrogens with zero attached hydrogens (tertiary/aromatic N) is 3. The summed E-state index contributed by atoms with van der Waals surface area (Å²) in [5.41, 5.74) is 10.2. The smallest absolute Gasteiger partial charge is 0.214 e. The Bertz CT molecular complexity index is 1160. The third-order valence-corrected chi connectivity index (χ3v) is 4.43. The van der Waals surface area contributed by atoms with E-state index in [-0.39, 0.29) is 18.9 Å². The summed E-state index contributed by atoms with van der Waals surface area (Å²) in [6.45, 7) is 1.79. The van der Waals surface area contributed by atoms with E-state index >= 15 is 0 Å². The molecule has 4 rings (SSSR count). The van der Waals surface area contributed by atoms with Crippen LogP contribution in [-0.4, -0.2) is 38.5 Å². The fraction of sp³-hybridized carbons (Fsp3) is 0.150. The molecule has 7 nitrogen and oxygen atoms in total. The monoisotopic (exact) mass is 379 g/mol. The number of rotatable bonds is 5. The predicted octanol–water partition coefficient (Wildman–Crippen LogP) is 3.09. The van der Waals surface area contributed by atoms with Crippen molar-refractivity contribution in [2.75, 3.05) is 18.9 Å². The molecule has 0 fully saturated rings. The van der Waals surface area contributed by atoms with Gasteiger partial charge in [-0.15, -0.1) is 0 Å². The Morgan fingerprint density at radius 1 is 1.21 bits per heavy atom. The number of nitrogen functional groups attached to an aromatic ring is 1. The molecule has 0 radical (unpaired) electrons. The summed E-state index contributed by atoms with van der Waals surface area (Å²) < 4.78 is 19.4. The van der Waals surface area contributed by atoms with E-state index in [0.29, 0.717) is 17.2 Å². The van der Waals surface area contributed by atoms with Crippen molar-refractivity contribution in [3.05, 3.63) is 54.1 Å². The van der Waals surface area contributed by atoms with Crippen LogP contribution in [0.2, 0.25) is 0 Å². The largest absolute Gasteiger partial charge is 0.475 e. The number of aliphatic hydroxyl groups is 1. The third kappa shape index (κ3) is 3.25. The molecule has 1 aromatic carbocycles. The summed E-state index contributed by atoms with van der Waals surface area (Å²) in [5, 5.41) is 16.8. The molecule has 0 aliphatic carbocycles. The van der Waals surface area contributed by atoms with Gasteiger partial charge >= 0.3 is 0 Å². The number of aryl methyl sites for hydroxylation is 1. The van der Waals surface area contributed by atoms with Gasteiger partial charge in [0, 0.05) is 23.2 Å². The summed E-state index contributed by atoms with van der Waals surface area (Å²) in [6, 6.07) is 8.46. The van der Waals surface area contributed by atoms with Crippen molar-refractivity contribution < 1.29 is 14.2 Å². The molecule has 0 bridgehead atoms. The summed E-state index contributed by atoms with van der Waals surface area (Å²) in [5.74, 6) is -0.112. The van der Waals surface area contributed by atoms with Crippen LogP contribution in [0.5, 0.6) is 5.88 Å². The molecule has 4 aromatic rings. The molecule has 0 spiro atoms. The molecule has 0 aliphatic heterocycles. The van der Waals surface area contributed by atoms with Crippen LogP contribution in [0, 0.1) is 12.7 Å². The van der Waals surface area contributed by atoms with Gasteiger partial charge in [0.15, 0.2) is 5.65 Å². The SMILES string of the molecule is Cc1cc(F)c(N)cc1-c1cc(OCCO)nc(-c2ccnc3[nH]ncc23)c1. The van der Waals surface area contributed by atoms with Crippen molar-refractivity contribution in [3.63, 3.8) is 0 Å². The maximum Gasteiger partial charge on any atom is 0.214 e. The second kappa shape index (κ2) is 7.24. The Morgan fingerprint density at radius 2 is 2.07 bits per heavy atom. The molecule has 0 atom stereocenters. The van der Waals surface area contributed by atoms with Gasteiger partial charge in [-0.3, -0.25) is 5.10 Å². The maximum absolute atomic E-state index is 13.8. The first-order valence-corrected chi connectivity index (χ1v) is 8.67. The van der Waals surface area contributed by atoms with Crippen molar-refractivity contribution in [1.29, 1.82) is 0 Å². The Labute approximate surface area is 160 Å². The standard InChI is InChI=1S/C20H18FN5O2/c1-11-6-16(21)17(22)9-14(11)12-7-18(25-19(8-12)28-5-4-27)13-2-3-23-20-15(13)10-24-26-20/h2-3,6-10,27H,4-5,22H2,1H3,(H,23,24,26). The highest BCUT2D eigenvalue weighted by atomic mass is 19.1. The van der Waals surface area contributed by atoms with Gasteiger partial charge in [0.05, 0.1) is 24.2 Å². The lowest BCUT2D eigenvalue weighted by molar-refractivity contribution is 0.197. The van der Waals surface area contributed by atoms with Crippen LogP contribution in [0.3, 0.4) is 0 Å². The van der Waals surface area contributed by atoms with Gasteiger partial charge in [0.1, 0.15) is 12.4 Å². The second-order valence-electron chi connectivity index (χ2n) is 6.33. The molecule has 4 N–H and O–H groups in total. The number of anilines is 1. The Morgan fingerprint density at radius 3 is 2.89 bits per heavy atom. The van der Waals surface area contributed by atoms with Crippen LogP contribution < -0.4 is 10.5 Å². The van der Waals surface area contributed by atoms with Crippen LogP contribution in [0.25, 0.3) is 33.4 Å². The molecular formula is C20H18FN5O2. The van der Waals surface area contributed by atoms with Crippen molar-refractivity contribution in [3.8, 4) is 28.3 Å². The first kappa shape index (κ1) is 17.9. The van der Waals surface area contributed by atoms with E-state index in [9.17, 15) is 4.39 Å². The lowest BCUT2D eigenvalue weighted by Gasteiger charge is -2.13. The first-order chi connectivity index (χ1) is 13.6. The third-order valence-electron chi connectivity index (χ3n) is 4.43. The minimum Gasteiger partial charge on any atom is -0.475 e. The van der Waals surface area contributed by atoms with Gasteiger partial charge in [-0.25, -0.2) is 14.4 Å². The number of benzene rings is 1. The van der Waals surface area contributed by atoms with Crippen LogP contribution in [0.1, 0.15) is 5.56 Å². The number of fused-ring (bicyclic) bond motifs is 1. The lowest BCUT2D eigenvalue weighted by Crippen LogP contribution is -2.04. The van der Waals surface area contributed by atoms with E-state index in [4.69, 9.17) is 15.6 Å². The summed E-state index contributed by atoms with van der Waals surface area (Å²) in [6.07, 6.45) is 3.35. The van der Waals surface area contributed by atoms with Crippen LogP contribution in [-0.2, 0) is 0 Å². The summed E-state index contributed by atoms with van der Waals surface area (Å²) in [4.78, 5) is 8.81. The lowest BCUT2D eigenvalue weighted by atomic mass is 9.98. The average Bonchev–Trinajstić information content (AvgIpc) is 3.17. The average molecular weight is 379 g/mol. The number of nitrogens with one attached hydrogen (secondary N) is 1. The fourth-order valence-corrected chi connectivity index (χ4v) is 3.10. The van der Waals surface area contributed by atoms with Gasteiger partial charge in [-0.1, -0.05) is 0 Å². The molecule has 3 heterocycles. The number of pyridine rings is 2. The molecule has 8 heteroatoms. The summed E-state index contributed by atoms with van der Waals surface area (Å²) in [7, 11) is 0. The molecule has 28 heavy (non-hydrogen) atoms. The number of halogens is 1. The Kier molecular flexibility index (Phi) is 4.62. The first-order valence-electron chi connectivity index (χ1n) is 8.67. The van der Waals surface area contributed by atoms with Crippen LogP contribution in [0.15, 0.2) is 42.7 Å². The maximum atomic E-state index is 13.8. The van der Waals surface area contributed by atoms with E-state index in [2.05, 4.69) is 20.2 Å². The highest BCUT2D eigenvalue weighted by Crippen LogP contribution is 2.34. The molecule has 0 amide bonds. The summed E-state index contributed by atoms with van der Waals surface area (Å²) >= 11 is 0. The zero-order valence-electron chi connectivity index (χ0n) is 15.1. The highest BCUT2D eigenvalue weighted by molar-refractivity contribution is 5.92. The van der Waals surface area contributed by atoms with Gasteiger partial charge < -0.3 is 15.6 Å². The van der Waals surface area contributed by atoms with Crippen molar-refractivity contribution in [1.82, 2.24) is 20.2 Å². The quantitative estimate of drug-likeness (QED) is 0.460. The predicted molar refractivity (Wildman–Crippen MR) is 104 cm³/mol. The number of aromatic nitrogens is 4. The minimum absolute atomic E-state index is 0.0675. The number of aliphatic hydroxyl groups excluding tert-OH is 1. The van der Waals surface area contributed by atoms with Gasteiger partial charge in [-0.2, -0.15) is 5.10 Å². The van der Waals surface area contributed by atoms with E-state index in [1.807, 2.05) is 19.1 Å². The molecule has 0 aliphatic rings. The number of H-pyrrole nitrogens is 1. The van der Waals surface area contributed by atoms with Gasteiger partial charge in [0.2, 0.25) is 5.88 Å². The minimum atomic E-state index is -0.457. The molecule has 0 saturated carbocycles. The van der Waals surface area contributed by atoms with Gasteiger partial charge in [-0.05, 0) is 47.9 Å². The molecule has 0 saturated heterocycles. The van der Waals surface area contributed by atoms with Crippen LogP contribution in [0.4, 0.5) is 10.1 Å². The van der Waals surface area contributed by atoms with Crippen molar-refractivity contribution in [2.24, 2.45) is 0 Å². The normalized spacial score (nSPS) is 11.1. The van der Waals surface area contributed by atoms with Crippen molar-refractivity contribution in [2.45, 2.75) is 6.92 Å². The number of hydrogen-bond acceptors (Lipinski definition) is 6. The second-order valence-corrected chi connectivity index (χ2v) is 6.33. The van der Waals surface area contributed by atoms with E-state index in [1.54, 1.807) is 24.5 Å². The molecule has 0 unspecified atom stereocenters. The number of nitrogens with two attached hydrogens (primary N) is 1. The Balaban J connectivity index is 1.92. The van der Waals surface area contributed by atoms with E-state index < -0.39 is 5.82 Å². The topological polar surface area (TPSA) is 110 Å². The number of aromatic amines is 1. The molecular weight excluding hydrogens is 361 g/mol. The van der Waals surface area contributed by atoms with Gasteiger partial charge in [0.25, 0.3) is 0 Å². The van der Waals surface area contributed by atoms with Crippen molar-refractivity contribution >= 4 is 16.7 Å². The molecule has 3 aromatic heterocycles. The molecule has 142 valence electrons. The number of hydrogen-bond donors (Lipinski definition) is 3. The zero-order valence-corrected chi connectivity index (χ0v) is 15.1. The van der Waals surface area contributed by atoms with Crippen LogP contribution >= 0.6 is 0 Å². The Hall–Kier alpha value is -3.52. The highest BCUT2D eigenvalue weighted by Gasteiger charge is 2.14. The van der Waals surface area contributed by atoms with E-state index in [0.717, 1.165) is 27.6 Å².